The number of piperidine rings is 2. The van der Waals surface area contributed by atoms with E-state index in [0.717, 1.165) is 12.8 Å². The van der Waals surface area contributed by atoms with Crippen LogP contribution >= 0.6 is 0 Å². The predicted molar refractivity (Wildman–Crippen MR) is 47.4 cm³/mol. The molecule has 1 aliphatic carbocycles. The second kappa shape index (κ2) is 2.88. The first kappa shape index (κ1) is 9.23. The average molecular weight is 171 g/mol. The van der Waals surface area contributed by atoms with Crippen LogP contribution in [0, 0.1) is 11.3 Å². The van der Waals surface area contributed by atoms with Crippen molar-refractivity contribution in [2.45, 2.75) is 33.6 Å². The summed E-state index contributed by atoms with van der Waals surface area (Å²) in [4.78, 5) is 21.9. The molecule has 2 amide bonds. The zero-order valence-electron chi connectivity index (χ0n) is 7.81. The molecule has 0 spiro atoms. The highest BCUT2D eigenvalue weighted by Gasteiger charge is 2.54. The molecule has 2 bridgehead atoms. The van der Waals surface area contributed by atoms with Crippen LogP contribution in [0.4, 0.5) is 0 Å². The van der Waals surface area contributed by atoms with Crippen LogP contribution in [0.1, 0.15) is 35.0 Å². The van der Waals surface area contributed by atoms with E-state index in [1.807, 2.05) is 20.8 Å². The Bertz CT molecular complexity index is 222. The molecule has 0 aromatic rings. The number of nitrogens with one attached hydrogen (secondary N) is 1. The van der Waals surface area contributed by atoms with Gasteiger partial charge >= 0.3 is 0 Å². The molecule has 2 aliphatic heterocycles. The van der Waals surface area contributed by atoms with Gasteiger partial charge < -0.3 is 0 Å². The zero-order valence-corrected chi connectivity index (χ0v) is 7.81. The van der Waals surface area contributed by atoms with Gasteiger partial charge in [0.1, 0.15) is 0 Å². The van der Waals surface area contributed by atoms with Crippen molar-refractivity contribution in [2.75, 3.05) is 0 Å². The third-order valence-corrected chi connectivity index (χ3v) is 2.55. The van der Waals surface area contributed by atoms with Crippen molar-refractivity contribution in [3.8, 4) is 0 Å². The lowest BCUT2D eigenvalue weighted by Gasteiger charge is -2.47. The lowest BCUT2D eigenvalue weighted by molar-refractivity contribution is -0.157. The van der Waals surface area contributed by atoms with Crippen LogP contribution in [0.3, 0.4) is 0 Å². The van der Waals surface area contributed by atoms with Crippen LogP contribution in [0.15, 0.2) is 0 Å². The van der Waals surface area contributed by atoms with Crippen LogP contribution in [-0.2, 0) is 9.59 Å². The molecule has 0 aromatic carbocycles. The molecular weight excluding hydrogens is 154 g/mol. The number of imide groups is 1. The second-order valence-corrected chi connectivity index (χ2v) is 3.48. The summed E-state index contributed by atoms with van der Waals surface area (Å²) in [5, 5.41) is 2.34. The fraction of sp³-hybridized carbons (Fsp3) is 0.778. The molecule has 0 radical (unpaired) electrons. The molecule has 2 heterocycles. The van der Waals surface area contributed by atoms with E-state index in [9.17, 15) is 9.59 Å². The van der Waals surface area contributed by atoms with E-state index in [0.29, 0.717) is 0 Å². The van der Waals surface area contributed by atoms with E-state index >= 15 is 0 Å². The minimum Gasteiger partial charge on any atom is -0.296 e. The third-order valence-electron chi connectivity index (χ3n) is 2.55. The van der Waals surface area contributed by atoms with E-state index in [-0.39, 0.29) is 24.6 Å². The van der Waals surface area contributed by atoms with Crippen LogP contribution in [0.2, 0.25) is 0 Å². The molecule has 0 aromatic heterocycles. The molecule has 1 N–H and O–H groups in total. The number of amides is 2. The van der Waals surface area contributed by atoms with Gasteiger partial charge in [0.2, 0.25) is 11.8 Å². The minimum absolute atomic E-state index is 0. The zero-order chi connectivity index (χ0) is 9.35. The van der Waals surface area contributed by atoms with E-state index < -0.39 is 0 Å². The largest absolute Gasteiger partial charge is 0.296 e. The molecule has 0 unspecified atom stereocenters. The number of carbonyl (C=O) groups is 2. The maximum Gasteiger partial charge on any atom is 0.232 e. The molecule has 2 saturated heterocycles. The van der Waals surface area contributed by atoms with Gasteiger partial charge in [-0.05, 0) is 12.8 Å². The van der Waals surface area contributed by atoms with Gasteiger partial charge in [0.25, 0.3) is 0 Å². The van der Waals surface area contributed by atoms with Gasteiger partial charge in [-0.25, -0.2) is 0 Å². The minimum atomic E-state index is -0.210. The summed E-state index contributed by atoms with van der Waals surface area (Å²) in [6, 6.07) is 0. The van der Waals surface area contributed by atoms with Crippen LogP contribution in [0.25, 0.3) is 0 Å². The number of carbonyl (C=O) groups excluding carboxylic acids is 2. The summed E-state index contributed by atoms with van der Waals surface area (Å²) >= 11 is 0. The molecule has 12 heavy (non-hydrogen) atoms. The highest BCUT2D eigenvalue weighted by atomic mass is 16.2. The molecule has 3 nitrogen and oxygen atoms in total. The predicted octanol–water partition coefficient (Wildman–Crippen LogP) is 1.33. The summed E-state index contributed by atoms with van der Waals surface area (Å²) < 4.78 is 0. The fourth-order valence-electron chi connectivity index (χ4n) is 1.76. The Morgan fingerprint density at radius 1 is 1.42 bits per heavy atom. The summed E-state index contributed by atoms with van der Waals surface area (Å²) in [6.07, 6.45) is 1.52. The molecule has 3 heteroatoms. The van der Waals surface area contributed by atoms with Crippen molar-refractivity contribution >= 4 is 11.8 Å². The van der Waals surface area contributed by atoms with Crippen molar-refractivity contribution in [1.29, 1.82) is 0 Å². The number of hydrogen-bond acceptors (Lipinski definition) is 2. The standard InChI is InChI=1S/C7H9NO2.C2H6.H2/c1-7-2-4(3-7)5(9)8-6(7)10;1-2;/h4H,2-3H2,1H3,(H,8,9,10);1-2H3;1H. The summed E-state index contributed by atoms with van der Waals surface area (Å²) in [6.45, 7) is 5.91. The lowest BCUT2D eigenvalue weighted by atomic mass is 9.60. The van der Waals surface area contributed by atoms with Gasteiger partial charge in [0.05, 0.1) is 0 Å². The Hall–Kier alpha value is -0.860. The van der Waals surface area contributed by atoms with Crippen molar-refractivity contribution < 1.29 is 11.0 Å². The second-order valence-electron chi connectivity index (χ2n) is 3.48. The lowest BCUT2D eigenvalue weighted by Crippen LogP contribution is -2.60. The first-order valence-corrected chi connectivity index (χ1v) is 4.47. The van der Waals surface area contributed by atoms with E-state index in [2.05, 4.69) is 5.32 Å². The van der Waals surface area contributed by atoms with E-state index in [1.165, 1.54) is 0 Å². The maximum absolute atomic E-state index is 11.0. The van der Waals surface area contributed by atoms with Gasteiger partial charge in [-0.3, -0.25) is 14.9 Å². The van der Waals surface area contributed by atoms with Crippen molar-refractivity contribution in [1.82, 2.24) is 5.32 Å². The Labute approximate surface area is 74.0 Å². The molecule has 70 valence electrons. The van der Waals surface area contributed by atoms with Gasteiger partial charge in [-0.2, -0.15) is 0 Å². The van der Waals surface area contributed by atoms with Gasteiger partial charge in [-0.1, -0.05) is 20.8 Å². The summed E-state index contributed by atoms with van der Waals surface area (Å²) in [5.74, 6) is -0.0311. The SMILES string of the molecule is CC.CC12CC(C1)C(=O)NC2=O.[HH]. The topological polar surface area (TPSA) is 46.2 Å². The van der Waals surface area contributed by atoms with Crippen molar-refractivity contribution in [2.24, 2.45) is 11.3 Å². The number of fused-ring (bicyclic) bond motifs is 2. The molecule has 3 aliphatic rings. The van der Waals surface area contributed by atoms with E-state index in [4.69, 9.17) is 0 Å². The Kier molecular flexibility index (Phi) is 2.22. The van der Waals surface area contributed by atoms with Crippen LogP contribution in [-0.4, -0.2) is 11.8 Å². The molecule has 1 saturated carbocycles. The summed E-state index contributed by atoms with van der Waals surface area (Å²) in [5.41, 5.74) is -0.210. The smallest absolute Gasteiger partial charge is 0.232 e. The van der Waals surface area contributed by atoms with Gasteiger partial charge in [0, 0.05) is 12.8 Å². The maximum atomic E-state index is 11.0. The fourth-order valence-corrected chi connectivity index (χ4v) is 1.76. The number of hydrogen-bond donors (Lipinski definition) is 1. The van der Waals surface area contributed by atoms with Gasteiger partial charge in [0.15, 0.2) is 0 Å². The Balaban J connectivity index is 0.000000451. The van der Waals surface area contributed by atoms with Crippen molar-refractivity contribution in [3.63, 3.8) is 0 Å². The molecule has 3 rings (SSSR count). The Morgan fingerprint density at radius 3 is 2.25 bits per heavy atom. The average Bonchev–Trinajstić information content (AvgIpc) is 1.99. The van der Waals surface area contributed by atoms with Crippen molar-refractivity contribution in [3.05, 3.63) is 0 Å². The van der Waals surface area contributed by atoms with Gasteiger partial charge in [-0.15, -0.1) is 0 Å². The molecule has 3 fully saturated rings. The van der Waals surface area contributed by atoms with E-state index in [1.54, 1.807) is 0 Å². The Morgan fingerprint density at radius 2 is 1.92 bits per heavy atom. The van der Waals surface area contributed by atoms with Crippen LogP contribution < -0.4 is 5.32 Å². The number of rotatable bonds is 0. The molecule has 0 atom stereocenters. The van der Waals surface area contributed by atoms with Crippen LogP contribution in [0.5, 0.6) is 0 Å². The molecular formula is C9H17NO2. The quantitative estimate of drug-likeness (QED) is 0.559. The highest BCUT2D eigenvalue weighted by molar-refractivity contribution is 6.04. The monoisotopic (exact) mass is 171 g/mol. The third kappa shape index (κ3) is 1.13. The summed E-state index contributed by atoms with van der Waals surface area (Å²) in [7, 11) is 0. The normalized spacial score (nSPS) is 37.4. The highest BCUT2D eigenvalue weighted by Crippen LogP contribution is 2.48. The first-order chi connectivity index (χ1) is 5.62. The first-order valence-electron chi connectivity index (χ1n) is 4.47.